The number of hydrogen-bond donors (Lipinski definition) is 0. The van der Waals surface area contributed by atoms with E-state index in [-0.39, 0.29) is 0 Å². The van der Waals surface area contributed by atoms with Gasteiger partial charge in [-0.15, -0.1) is 11.6 Å². The number of hydrogen-bond acceptors (Lipinski definition) is 3. The van der Waals surface area contributed by atoms with Gasteiger partial charge in [-0.25, -0.2) is 9.97 Å². The second-order valence-corrected chi connectivity index (χ2v) is 5.33. The average Bonchev–Trinajstić information content (AvgIpc) is 2.91. The molecule has 2 heterocycles. The molecule has 3 aromatic rings. The normalized spacial score (nSPS) is 11.4. The predicted molar refractivity (Wildman–Crippen MR) is 79.4 cm³/mol. The van der Waals surface area contributed by atoms with Crippen molar-refractivity contribution in [2.24, 2.45) is 0 Å². The van der Waals surface area contributed by atoms with Crippen molar-refractivity contribution < 1.29 is 4.42 Å². The van der Waals surface area contributed by atoms with Crippen molar-refractivity contribution in [1.29, 1.82) is 0 Å². The Morgan fingerprint density at radius 1 is 1.25 bits per heavy atom. The van der Waals surface area contributed by atoms with Gasteiger partial charge in [0.25, 0.3) is 0 Å². The summed E-state index contributed by atoms with van der Waals surface area (Å²) in [4.78, 5) is 8.90. The molecular weight excluding hydrogens is 297 g/mol. The third kappa shape index (κ3) is 2.30. The minimum atomic E-state index is 0.324. The third-order valence-electron chi connectivity index (χ3n) is 3.28. The van der Waals surface area contributed by atoms with Crippen LogP contribution in [0.3, 0.4) is 0 Å². The van der Waals surface area contributed by atoms with E-state index in [1.165, 1.54) is 0 Å². The minimum absolute atomic E-state index is 0.324. The SMILES string of the molecule is Cc1nc(Cn2c(CCl)nc3ccc(Cl)cc32)oc1C. The summed E-state index contributed by atoms with van der Waals surface area (Å²) in [7, 11) is 0. The lowest BCUT2D eigenvalue weighted by Gasteiger charge is -2.04. The van der Waals surface area contributed by atoms with E-state index in [1.54, 1.807) is 0 Å². The Morgan fingerprint density at radius 3 is 2.70 bits per heavy atom. The number of alkyl halides is 1. The second-order valence-electron chi connectivity index (χ2n) is 4.63. The fraction of sp³-hybridized carbons (Fsp3) is 0.286. The molecule has 0 spiro atoms. The second kappa shape index (κ2) is 5.11. The van der Waals surface area contributed by atoms with Gasteiger partial charge in [0.05, 0.1) is 22.6 Å². The molecule has 0 aliphatic carbocycles. The lowest BCUT2D eigenvalue weighted by atomic mass is 10.3. The van der Waals surface area contributed by atoms with Gasteiger partial charge in [0, 0.05) is 5.02 Å². The highest BCUT2D eigenvalue weighted by Gasteiger charge is 2.14. The molecule has 0 fully saturated rings. The fourth-order valence-corrected chi connectivity index (χ4v) is 2.54. The van der Waals surface area contributed by atoms with Crippen molar-refractivity contribution in [2.45, 2.75) is 26.3 Å². The molecule has 4 nitrogen and oxygen atoms in total. The number of rotatable bonds is 3. The molecule has 2 aromatic heterocycles. The average molecular weight is 310 g/mol. The zero-order chi connectivity index (χ0) is 14.3. The van der Waals surface area contributed by atoms with Crippen LogP contribution in [-0.4, -0.2) is 14.5 Å². The van der Waals surface area contributed by atoms with Gasteiger partial charge in [0.2, 0.25) is 5.89 Å². The molecule has 104 valence electrons. The van der Waals surface area contributed by atoms with E-state index in [0.717, 1.165) is 28.3 Å². The summed E-state index contributed by atoms with van der Waals surface area (Å²) in [5.41, 5.74) is 2.70. The molecule has 0 aliphatic rings. The van der Waals surface area contributed by atoms with Crippen molar-refractivity contribution >= 4 is 34.2 Å². The maximum absolute atomic E-state index is 6.06. The number of oxazole rings is 1. The molecule has 0 atom stereocenters. The van der Waals surface area contributed by atoms with Gasteiger partial charge in [0.15, 0.2) is 0 Å². The highest BCUT2D eigenvalue weighted by atomic mass is 35.5. The highest BCUT2D eigenvalue weighted by Crippen LogP contribution is 2.23. The Labute approximate surface area is 126 Å². The maximum Gasteiger partial charge on any atom is 0.214 e. The van der Waals surface area contributed by atoms with Gasteiger partial charge in [-0.2, -0.15) is 0 Å². The van der Waals surface area contributed by atoms with Gasteiger partial charge in [-0.1, -0.05) is 11.6 Å². The molecule has 0 aliphatic heterocycles. The fourth-order valence-electron chi connectivity index (χ4n) is 2.17. The number of benzene rings is 1. The van der Waals surface area contributed by atoms with Crippen LogP contribution in [0, 0.1) is 13.8 Å². The lowest BCUT2D eigenvalue weighted by Crippen LogP contribution is -2.04. The molecule has 0 saturated heterocycles. The summed E-state index contributed by atoms with van der Waals surface area (Å²) in [5.74, 6) is 2.57. The molecule has 3 rings (SSSR count). The molecule has 6 heteroatoms. The van der Waals surface area contributed by atoms with Crippen molar-refractivity contribution in [2.75, 3.05) is 0 Å². The van der Waals surface area contributed by atoms with E-state index in [9.17, 15) is 0 Å². The van der Waals surface area contributed by atoms with Crippen molar-refractivity contribution in [3.05, 3.63) is 46.4 Å². The molecule has 0 bridgehead atoms. The molecule has 0 unspecified atom stereocenters. The van der Waals surface area contributed by atoms with E-state index in [0.29, 0.717) is 23.3 Å². The number of imidazole rings is 1. The van der Waals surface area contributed by atoms with Crippen LogP contribution in [0.1, 0.15) is 23.2 Å². The van der Waals surface area contributed by atoms with Crippen LogP contribution in [0.2, 0.25) is 5.02 Å². The van der Waals surface area contributed by atoms with Crippen molar-refractivity contribution in [3.8, 4) is 0 Å². The summed E-state index contributed by atoms with van der Waals surface area (Å²) < 4.78 is 7.62. The Hall–Kier alpha value is -1.52. The number of halogens is 2. The third-order valence-corrected chi connectivity index (χ3v) is 3.75. The summed E-state index contributed by atoms with van der Waals surface area (Å²) in [6, 6.07) is 5.58. The van der Waals surface area contributed by atoms with Crippen LogP contribution in [0.15, 0.2) is 22.6 Å². The number of aromatic nitrogens is 3. The number of nitrogens with zero attached hydrogens (tertiary/aromatic N) is 3. The van der Waals surface area contributed by atoms with Gasteiger partial charge < -0.3 is 8.98 Å². The Kier molecular flexibility index (Phi) is 3.44. The monoisotopic (exact) mass is 309 g/mol. The first-order chi connectivity index (χ1) is 9.58. The molecule has 1 aromatic carbocycles. The molecule has 0 N–H and O–H groups in total. The van der Waals surface area contributed by atoms with Crippen LogP contribution in [0.5, 0.6) is 0 Å². The topological polar surface area (TPSA) is 43.9 Å². The lowest BCUT2D eigenvalue weighted by molar-refractivity contribution is 0.457. The summed E-state index contributed by atoms with van der Waals surface area (Å²) in [5, 5.41) is 0.666. The first-order valence-corrected chi connectivity index (χ1v) is 7.13. The molecule has 0 saturated carbocycles. The van der Waals surface area contributed by atoms with Gasteiger partial charge in [-0.05, 0) is 32.0 Å². The van der Waals surface area contributed by atoms with E-state index < -0.39 is 0 Å². The quantitative estimate of drug-likeness (QED) is 0.685. The van der Waals surface area contributed by atoms with Crippen LogP contribution < -0.4 is 0 Å². The highest BCUT2D eigenvalue weighted by molar-refractivity contribution is 6.31. The van der Waals surface area contributed by atoms with Crippen LogP contribution in [-0.2, 0) is 12.4 Å². The van der Waals surface area contributed by atoms with Gasteiger partial charge >= 0.3 is 0 Å². The predicted octanol–water partition coefficient (Wildman–Crippen LogP) is 4.08. The van der Waals surface area contributed by atoms with Crippen molar-refractivity contribution in [3.63, 3.8) is 0 Å². The first-order valence-electron chi connectivity index (χ1n) is 6.22. The zero-order valence-corrected chi connectivity index (χ0v) is 12.7. The molecular formula is C14H13Cl2N3O. The Bertz CT molecular complexity index is 757. The van der Waals surface area contributed by atoms with Gasteiger partial charge in [0.1, 0.15) is 18.1 Å². The summed E-state index contributed by atoms with van der Waals surface area (Å²) >= 11 is 12.0. The van der Waals surface area contributed by atoms with E-state index in [1.807, 2.05) is 36.6 Å². The van der Waals surface area contributed by atoms with Crippen LogP contribution >= 0.6 is 23.2 Å². The molecule has 0 amide bonds. The molecule has 0 radical (unpaired) electrons. The summed E-state index contributed by atoms with van der Waals surface area (Å²) in [6.07, 6.45) is 0. The smallest absolute Gasteiger partial charge is 0.214 e. The first kappa shape index (κ1) is 13.5. The van der Waals surface area contributed by atoms with Gasteiger partial charge in [-0.3, -0.25) is 0 Å². The van der Waals surface area contributed by atoms with E-state index >= 15 is 0 Å². The standard InChI is InChI=1S/C14H13Cl2N3O/c1-8-9(2)20-14(17-8)7-19-12-5-10(16)3-4-11(12)18-13(19)6-15/h3-5H,6-7H2,1-2H3. The van der Waals surface area contributed by atoms with Crippen molar-refractivity contribution in [1.82, 2.24) is 14.5 Å². The number of aryl methyl sites for hydroxylation is 2. The Morgan fingerprint density at radius 2 is 2.05 bits per heavy atom. The molecule has 20 heavy (non-hydrogen) atoms. The summed E-state index contributed by atoms with van der Waals surface area (Å²) in [6.45, 7) is 4.32. The van der Waals surface area contributed by atoms with Crippen LogP contribution in [0.25, 0.3) is 11.0 Å². The minimum Gasteiger partial charge on any atom is -0.444 e. The number of fused-ring (bicyclic) bond motifs is 1. The van der Waals surface area contributed by atoms with E-state index in [2.05, 4.69) is 9.97 Å². The largest absolute Gasteiger partial charge is 0.444 e. The maximum atomic E-state index is 6.06. The van der Waals surface area contributed by atoms with E-state index in [4.69, 9.17) is 27.6 Å². The zero-order valence-electron chi connectivity index (χ0n) is 11.2. The van der Waals surface area contributed by atoms with Crippen LogP contribution in [0.4, 0.5) is 0 Å². The Balaban J connectivity index is 2.11.